The van der Waals surface area contributed by atoms with Gasteiger partial charge >= 0.3 is 0 Å². The van der Waals surface area contributed by atoms with Crippen LogP contribution in [0.15, 0.2) is 12.1 Å². The number of nitrogens with one attached hydrogen (secondary N) is 4. The highest BCUT2D eigenvalue weighted by Gasteiger charge is 2.33. The number of fused-ring (bicyclic) bond motifs is 1. The number of carbonyl (C=O) groups excluding carboxylic acids is 2. The number of imidazole rings is 1. The smallest absolute Gasteiger partial charge is 0.287 e. The summed E-state index contributed by atoms with van der Waals surface area (Å²) in [4.78, 5) is 33.0. The van der Waals surface area contributed by atoms with E-state index in [4.69, 9.17) is 23.2 Å². The topological polar surface area (TPSA) is 143 Å². The molecule has 2 amide bonds. The van der Waals surface area contributed by atoms with Crippen LogP contribution in [0.2, 0.25) is 10.0 Å². The molecule has 2 fully saturated rings. The van der Waals surface area contributed by atoms with Gasteiger partial charge in [0.1, 0.15) is 23.8 Å². The second kappa shape index (κ2) is 10.3. The number of benzene rings is 1. The van der Waals surface area contributed by atoms with E-state index in [1.165, 1.54) is 0 Å². The second-order valence-electron chi connectivity index (χ2n) is 8.77. The summed E-state index contributed by atoms with van der Waals surface area (Å²) < 4.78 is 0. The lowest BCUT2D eigenvalue weighted by molar-refractivity contribution is -0.123. The summed E-state index contributed by atoms with van der Waals surface area (Å²) in [7, 11) is 0. The van der Waals surface area contributed by atoms with Crippen LogP contribution in [-0.4, -0.2) is 51.7 Å². The van der Waals surface area contributed by atoms with Crippen LogP contribution in [0.3, 0.4) is 0 Å². The number of H-pyrrole nitrogens is 1. The van der Waals surface area contributed by atoms with Gasteiger partial charge in [0.2, 0.25) is 5.91 Å². The van der Waals surface area contributed by atoms with E-state index in [2.05, 4.69) is 32.0 Å². The summed E-state index contributed by atoms with van der Waals surface area (Å²) in [5, 5.41) is 28.9. The maximum Gasteiger partial charge on any atom is 0.287 e. The number of carbonyl (C=O) groups is 2. The van der Waals surface area contributed by atoms with Gasteiger partial charge in [0.25, 0.3) is 5.91 Å². The molecule has 2 heterocycles. The van der Waals surface area contributed by atoms with Crippen LogP contribution in [-0.2, 0) is 4.79 Å². The Morgan fingerprint density at radius 1 is 1.21 bits per heavy atom. The number of aliphatic hydroxyl groups is 1. The summed E-state index contributed by atoms with van der Waals surface area (Å²) in [5.41, 5.74) is 0.823. The number of rotatable bonds is 8. The molecule has 2 aliphatic rings. The second-order valence-corrected chi connectivity index (χ2v) is 9.58. The number of amides is 2. The van der Waals surface area contributed by atoms with Crippen molar-refractivity contribution >= 4 is 46.0 Å². The fourth-order valence-electron chi connectivity index (χ4n) is 4.18. The zero-order chi connectivity index (χ0) is 23.5. The summed E-state index contributed by atoms with van der Waals surface area (Å²) in [6.45, 7) is 0.731. The van der Waals surface area contributed by atoms with Crippen LogP contribution in [0.5, 0.6) is 0 Å². The van der Waals surface area contributed by atoms with Gasteiger partial charge in [-0.3, -0.25) is 14.9 Å². The molecule has 1 aliphatic carbocycles. The lowest BCUT2D eigenvalue weighted by Gasteiger charge is -2.30. The molecule has 0 spiro atoms. The lowest BCUT2D eigenvalue weighted by atomic mass is 9.91. The van der Waals surface area contributed by atoms with Crippen molar-refractivity contribution in [3.05, 3.63) is 28.0 Å². The Bertz CT molecular complexity index is 1040. The lowest BCUT2D eigenvalue weighted by Crippen LogP contribution is -2.51. The van der Waals surface area contributed by atoms with Gasteiger partial charge in [-0.2, -0.15) is 5.26 Å². The molecule has 1 saturated heterocycles. The third kappa shape index (κ3) is 5.76. The van der Waals surface area contributed by atoms with Crippen molar-refractivity contribution in [2.75, 3.05) is 6.54 Å². The van der Waals surface area contributed by atoms with Crippen LogP contribution in [0.4, 0.5) is 0 Å². The van der Waals surface area contributed by atoms with Gasteiger partial charge in [0.05, 0.1) is 21.6 Å². The van der Waals surface area contributed by atoms with Crippen molar-refractivity contribution in [1.29, 1.82) is 5.26 Å². The summed E-state index contributed by atoms with van der Waals surface area (Å²) >= 11 is 12.3. The van der Waals surface area contributed by atoms with E-state index in [0.717, 1.165) is 32.2 Å². The van der Waals surface area contributed by atoms with E-state index in [1.807, 2.05) is 0 Å². The Hall–Kier alpha value is -2.38. The van der Waals surface area contributed by atoms with E-state index in [1.54, 1.807) is 12.1 Å². The maximum atomic E-state index is 13.0. The summed E-state index contributed by atoms with van der Waals surface area (Å²) in [6.07, 6.45) is 3.79. The Labute approximate surface area is 201 Å². The standard InChI is InChI=1S/C22H26Cl2N6O3/c23-14-5-6-15(24)18-17(14)29-19(30-18)22(33)28-16(8-11-3-4-11)21(32)27-13(10-25)9-12-2-1-7-26-20(12)31/h5-6,11-13,16,20,26,31H,1-4,7-9H2,(H,27,32)(H,28,33)(H,29,30)/t12-,13-,16-,20?/m0/s1. The molecule has 176 valence electrons. The van der Waals surface area contributed by atoms with Crippen LogP contribution in [0, 0.1) is 23.2 Å². The number of aromatic nitrogens is 2. The monoisotopic (exact) mass is 492 g/mol. The minimum atomic E-state index is -0.811. The molecular formula is C22H26Cl2N6O3. The van der Waals surface area contributed by atoms with Crippen LogP contribution < -0.4 is 16.0 Å². The molecule has 4 rings (SSSR count). The van der Waals surface area contributed by atoms with Gasteiger partial charge in [-0.05, 0) is 50.3 Å². The van der Waals surface area contributed by atoms with E-state index < -0.39 is 30.1 Å². The highest BCUT2D eigenvalue weighted by atomic mass is 35.5. The molecule has 1 unspecified atom stereocenters. The fourth-order valence-corrected chi connectivity index (χ4v) is 4.58. The number of halogens is 2. The SMILES string of the molecule is N#C[C@H](C[C@@H]1CCCNC1O)NC(=O)[C@H](CC1CC1)NC(=O)c1nc2c(Cl)ccc(Cl)c2[nH]1. The van der Waals surface area contributed by atoms with Gasteiger partial charge in [-0.1, -0.05) is 36.0 Å². The van der Waals surface area contributed by atoms with Gasteiger partial charge in [-0.25, -0.2) is 4.98 Å². The number of aromatic amines is 1. The first kappa shape index (κ1) is 23.8. The average Bonchev–Trinajstić information content (AvgIpc) is 3.49. The minimum absolute atomic E-state index is 0.00170. The quantitative estimate of drug-likeness (QED) is 0.383. The molecule has 0 bridgehead atoms. The number of hydrogen-bond donors (Lipinski definition) is 5. The van der Waals surface area contributed by atoms with Gasteiger partial charge in [0, 0.05) is 5.92 Å². The minimum Gasteiger partial charge on any atom is -0.378 e. The normalized spacial score (nSPS) is 22.4. The Kier molecular flexibility index (Phi) is 7.39. The zero-order valence-electron chi connectivity index (χ0n) is 17.9. The van der Waals surface area contributed by atoms with Crippen LogP contribution in [0.25, 0.3) is 11.0 Å². The van der Waals surface area contributed by atoms with Crippen molar-refractivity contribution in [2.45, 2.75) is 56.8 Å². The van der Waals surface area contributed by atoms with E-state index >= 15 is 0 Å². The summed E-state index contributed by atoms with van der Waals surface area (Å²) in [6, 6.07) is 3.74. The van der Waals surface area contributed by atoms with Crippen molar-refractivity contribution in [1.82, 2.24) is 25.9 Å². The Balaban J connectivity index is 1.44. The van der Waals surface area contributed by atoms with E-state index in [-0.39, 0.29) is 11.7 Å². The molecule has 2 aromatic rings. The average molecular weight is 493 g/mol. The molecule has 33 heavy (non-hydrogen) atoms. The van der Waals surface area contributed by atoms with Gasteiger partial charge in [-0.15, -0.1) is 0 Å². The van der Waals surface area contributed by atoms with Crippen LogP contribution in [0.1, 0.15) is 49.1 Å². The molecule has 9 nitrogen and oxygen atoms in total. The number of nitrogens with zero attached hydrogens (tertiary/aromatic N) is 2. The summed E-state index contributed by atoms with van der Waals surface area (Å²) in [5.74, 6) is -0.746. The van der Waals surface area contributed by atoms with Crippen molar-refractivity contribution < 1.29 is 14.7 Å². The van der Waals surface area contributed by atoms with Gasteiger partial charge < -0.3 is 20.7 Å². The zero-order valence-corrected chi connectivity index (χ0v) is 19.4. The number of piperidine rings is 1. The first-order valence-electron chi connectivity index (χ1n) is 11.1. The number of hydrogen-bond acceptors (Lipinski definition) is 6. The predicted octanol–water partition coefficient (Wildman–Crippen LogP) is 2.48. The maximum absolute atomic E-state index is 13.0. The van der Waals surface area contributed by atoms with Crippen molar-refractivity contribution in [3.63, 3.8) is 0 Å². The Morgan fingerprint density at radius 3 is 2.64 bits per heavy atom. The molecule has 5 N–H and O–H groups in total. The fraction of sp³-hybridized carbons (Fsp3) is 0.545. The van der Waals surface area contributed by atoms with E-state index in [9.17, 15) is 20.0 Å². The molecule has 1 aliphatic heterocycles. The highest BCUT2D eigenvalue weighted by molar-refractivity contribution is 6.39. The predicted molar refractivity (Wildman–Crippen MR) is 124 cm³/mol. The Morgan fingerprint density at radius 2 is 1.97 bits per heavy atom. The largest absolute Gasteiger partial charge is 0.378 e. The first-order valence-corrected chi connectivity index (χ1v) is 11.9. The number of aliphatic hydroxyl groups excluding tert-OH is 1. The third-order valence-electron chi connectivity index (χ3n) is 6.21. The van der Waals surface area contributed by atoms with Crippen molar-refractivity contribution in [3.8, 4) is 6.07 Å². The molecule has 1 aromatic heterocycles. The molecule has 11 heteroatoms. The first-order chi connectivity index (χ1) is 15.9. The van der Waals surface area contributed by atoms with Crippen molar-refractivity contribution in [2.24, 2.45) is 11.8 Å². The molecular weight excluding hydrogens is 467 g/mol. The number of nitriles is 1. The van der Waals surface area contributed by atoms with E-state index in [0.29, 0.717) is 39.8 Å². The molecule has 4 atom stereocenters. The van der Waals surface area contributed by atoms with Gasteiger partial charge in [0.15, 0.2) is 5.82 Å². The van der Waals surface area contributed by atoms with Crippen LogP contribution >= 0.6 is 23.2 Å². The molecule has 1 saturated carbocycles. The molecule has 0 radical (unpaired) electrons. The molecule has 1 aromatic carbocycles. The third-order valence-corrected chi connectivity index (χ3v) is 6.83. The highest BCUT2D eigenvalue weighted by Crippen LogP contribution is 2.34.